The summed E-state index contributed by atoms with van der Waals surface area (Å²) in [4.78, 5) is 8.27. The largest absolute Gasteiger partial charge is 0.395 e. The lowest BCUT2D eigenvalue weighted by molar-refractivity contribution is 0.0649. The van der Waals surface area contributed by atoms with Crippen LogP contribution in [0.25, 0.3) is 0 Å². The topological polar surface area (TPSA) is 79.3 Å². The van der Waals surface area contributed by atoms with Crippen molar-refractivity contribution in [1.82, 2.24) is 9.97 Å². The Hall–Kier alpha value is -1.40. The van der Waals surface area contributed by atoms with Crippen molar-refractivity contribution in [3.05, 3.63) is 12.4 Å². The van der Waals surface area contributed by atoms with Crippen molar-refractivity contribution < 1.29 is 9.84 Å². The molecular weight excluding hydrogens is 244 g/mol. The molecule has 0 spiro atoms. The normalized spacial score (nSPS) is 16.3. The van der Waals surface area contributed by atoms with Gasteiger partial charge in [-0.15, -0.1) is 0 Å². The van der Waals surface area contributed by atoms with E-state index in [9.17, 15) is 0 Å². The van der Waals surface area contributed by atoms with E-state index in [0.717, 1.165) is 56.6 Å². The molecular formula is C13H22N4O2. The van der Waals surface area contributed by atoms with Gasteiger partial charge >= 0.3 is 0 Å². The fourth-order valence-corrected chi connectivity index (χ4v) is 2.17. The Kier molecular flexibility index (Phi) is 5.84. The molecule has 3 N–H and O–H groups in total. The van der Waals surface area contributed by atoms with E-state index in [4.69, 9.17) is 9.84 Å². The van der Waals surface area contributed by atoms with Crippen molar-refractivity contribution in [2.75, 3.05) is 43.5 Å². The molecule has 0 atom stereocenters. The van der Waals surface area contributed by atoms with Crippen LogP contribution in [0.2, 0.25) is 0 Å². The molecule has 6 heteroatoms. The second-order valence-electron chi connectivity index (χ2n) is 4.71. The molecule has 0 bridgehead atoms. The number of nitrogens with zero attached hydrogens (tertiary/aromatic N) is 2. The van der Waals surface area contributed by atoms with Crippen LogP contribution in [-0.2, 0) is 4.74 Å². The number of hydrogen-bond acceptors (Lipinski definition) is 6. The summed E-state index contributed by atoms with van der Waals surface area (Å²) in [6.07, 6.45) is 4.99. The Labute approximate surface area is 113 Å². The summed E-state index contributed by atoms with van der Waals surface area (Å²) in [7, 11) is 0. The molecule has 106 valence electrons. The van der Waals surface area contributed by atoms with Crippen LogP contribution in [0.3, 0.4) is 0 Å². The summed E-state index contributed by atoms with van der Waals surface area (Å²) in [5.41, 5.74) is 0. The van der Waals surface area contributed by atoms with E-state index < -0.39 is 0 Å². The molecule has 2 rings (SSSR count). The van der Waals surface area contributed by atoms with Crippen molar-refractivity contribution in [3.63, 3.8) is 0 Å². The number of aliphatic hydroxyl groups excluding tert-OH is 1. The minimum Gasteiger partial charge on any atom is -0.395 e. The maximum atomic E-state index is 8.75. The summed E-state index contributed by atoms with van der Waals surface area (Å²) in [6.45, 7) is 3.30. The molecule has 1 aliphatic heterocycles. The second-order valence-corrected chi connectivity index (χ2v) is 4.71. The summed E-state index contributed by atoms with van der Waals surface area (Å²) in [5.74, 6) is 2.31. The van der Waals surface area contributed by atoms with Gasteiger partial charge in [0, 0.05) is 32.4 Å². The van der Waals surface area contributed by atoms with E-state index >= 15 is 0 Å². The average Bonchev–Trinajstić information content (AvgIpc) is 2.47. The highest BCUT2D eigenvalue weighted by molar-refractivity contribution is 5.46. The number of rotatable bonds is 7. The van der Waals surface area contributed by atoms with Crippen molar-refractivity contribution in [2.45, 2.75) is 19.3 Å². The Morgan fingerprint density at radius 2 is 1.84 bits per heavy atom. The fourth-order valence-electron chi connectivity index (χ4n) is 2.17. The number of nitrogens with one attached hydrogen (secondary N) is 2. The van der Waals surface area contributed by atoms with Crippen LogP contribution in [0.1, 0.15) is 19.3 Å². The lowest BCUT2D eigenvalue weighted by Crippen LogP contribution is -2.18. The van der Waals surface area contributed by atoms with Crippen LogP contribution >= 0.6 is 0 Å². The van der Waals surface area contributed by atoms with Gasteiger partial charge in [0.1, 0.15) is 18.0 Å². The minimum absolute atomic E-state index is 0.0938. The third-order valence-corrected chi connectivity index (χ3v) is 3.28. The van der Waals surface area contributed by atoms with E-state index in [1.54, 1.807) is 0 Å². The summed E-state index contributed by atoms with van der Waals surface area (Å²) < 4.78 is 5.35. The Morgan fingerprint density at radius 1 is 1.16 bits per heavy atom. The lowest BCUT2D eigenvalue weighted by Gasteiger charge is -2.21. The zero-order chi connectivity index (χ0) is 13.3. The predicted molar refractivity (Wildman–Crippen MR) is 74.3 cm³/mol. The van der Waals surface area contributed by atoms with Crippen LogP contribution in [0.4, 0.5) is 11.6 Å². The van der Waals surface area contributed by atoms with Gasteiger partial charge in [0.05, 0.1) is 6.61 Å². The summed E-state index contributed by atoms with van der Waals surface area (Å²) in [5, 5.41) is 15.1. The molecule has 1 aliphatic rings. The van der Waals surface area contributed by atoms with Crippen molar-refractivity contribution in [1.29, 1.82) is 0 Å². The smallest absolute Gasteiger partial charge is 0.131 e. The average molecular weight is 266 g/mol. The zero-order valence-electron chi connectivity index (χ0n) is 11.1. The van der Waals surface area contributed by atoms with Crippen LogP contribution in [0.5, 0.6) is 0 Å². The van der Waals surface area contributed by atoms with Crippen LogP contribution < -0.4 is 10.6 Å². The number of hydrogen-bond donors (Lipinski definition) is 3. The van der Waals surface area contributed by atoms with E-state index in [-0.39, 0.29) is 6.61 Å². The molecule has 6 nitrogen and oxygen atoms in total. The van der Waals surface area contributed by atoms with Gasteiger partial charge in [0.15, 0.2) is 0 Å². The highest BCUT2D eigenvalue weighted by Gasteiger charge is 2.13. The molecule has 0 aliphatic carbocycles. The predicted octanol–water partition coefficient (Wildman–Crippen LogP) is 1.11. The molecule has 1 saturated heterocycles. The number of aromatic nitrogens is 2. The molecule has 1 aromatic rings. The Balaban J connectivity index is 1.72. The SMILES string of the molecule is OCCNc1cc(NCCC2CCOCC2)ncn1. The first-order chi connectivity index (χ1) is 9.38. The van der Waals surface area contributed by atoms with Gasteiger partial charge in [-0.25, -0.2) is 9.97 Å². The van der Waals surface area contributed by atoms with E-state index in [1.165, 1.54) is 6.33 Å². The van der Waals surface area contributed by atoms with Crippen molar-refractivity contribution in [2.24, 2.45) is 5.92 Å². The van der Waals surface area contributed by atoms with Gasteiger partial charge < -0.3 is 20.5 Å². The Morgan fingerprint density at radius 3 is 2.53 bits per heavy atom. The van der Waals surface area contributed by atoms with E-state index in [2.05, 4.69) is 20.6 Å². The number of aliphatic hydroxyl groups is 1. The van der Waals surface area contributed by atoms with E-state index in [0.29, 0.717) is 6.54 Å². The molecule has 1 aromatic heterocycles. The molecule has 0 amide bonds. The van der Waals surface area contributed by atoms with Crippen LogP contribution in [0, 0.1) is 5.92 Å². The molecule has 0 saturated carbocycles. The standard InChI is InChI=1S/C13H22N4O2/c18-6-5-15-13-9-12(16-10-17-13)14-4-1-11-2-7-19-8-3-11/h9-11,18H,1-8H2,(H2,14,15,16,17). The van der Waals surface area contributed by atoms with Gasteiger partial charge in [0.2, 0.25) is 0 Å². The third kappa shape index (κ3) is 5.00. The fraction of sp³-hybridized carbons (Fsp3) is 0.692. The highest BCUT2D eigenvalue weighted by Crippen LogP contribution is 2.18. The quantitative estimate of drug-likeness (QED) is 0.686. The molecule has 0 aromatic carbocycles. The lowest BCUT2D eigenvalue weighted by atomic mass is 9.97. The van der Waals surface area contributed by atoms with Gasteiger partial charge in [-0.3, -0.25) is 0 Å². The first-order valence-corrected chi connectivity index (χ1v) is 6.87. The monoisotopic (exact) mass is 266 g/mol. The van der Waals surface area contributed by atoms with Crippen molar-refractivity contribution >= 4 is 11.6 Å². The summed E-state index contributed by atoms with van der Waals surface area (Å²) in [6, 6.07) is 1.86. The molecule has 19 heavy (non-hydrogen) atoms. The molecule has 0 radical (unpaired) electrons. The first kappa shape index (κ1) is 14.0. The van der Waals surface area contributed by atoms with E-state index in [1.807, 2.05) is 6.07 Å². The molecule has 1 fully saturated rings. The number of anilines is 2. The van der Waals surface area contributed by atoms with Gasteiger partial charge in [-0.05, 0) is 25.2 Å². The number of ether oxygens (including phenoxy) is 1. The minimum atomic E-state index is 0.0938. The Bertz CT molecular complexity index is 369. The molecule has 2 heterocycles. The highest BCUT2D eigenvalue weighted by atomic mass is 16.5. The van der Waals surface area contributed by atoms with Gasteiger partial charge in [0.25, 0.3) is 0 Å². The summed E-state index contributed by atoms with van der Waals surface area (Å²) >= 11 is 0. The van der Waals surface area contributed by atoms with Crippen molar-refractivity contribution in [3.8, 4) is 0 Å². The van der Waals surface area contributed by atoms with Gasteiger partial charge in [-0.1, -0.05) is 0 Å². The maximum absolute atomic E-state index is 8.75. The van der Waals surface area contributed by atoms with Gasteiger partial charge in [-0.2, -0.15) is 0 Å². The first-order valence-electron chi connectivity index (χ1n) is 6.87. The third-order valence-electron chi connectivity index (χ3n) is 3.28. The van der Waals surface area contributed by atoms with Crippen LogP contribution in [0.15, 0.2) is 12.4 Å². The zero-order valence-corrected chi connectivity index (χ0v) is 11.1. The molecule has 0 unspecified atom stereocenters. The van der Waals surface area contributed by atoms with Crippen LogP contribution in [-0.4, -0.2) is 48.0 Å². The second kappa shape index (κ2) is 7.91. The maximum Gasteiger partial charge on any atom is 0.131 e.